The van der Waals surface area contributed by atoms with Gasteiger partial charge in [-0.25, -0.2) is 18.3 Å². The molecule has 0 amide bonds. The number of aromatic nitrogens is 2. The summed E-state index contributed by atoms with van der Waals surface area (Å²) in [5, 5.41) is 19.7. The highest BCUT2D eigenvalue weighted by Gasteiger charge is 2.57. The summed E-state index contributed by atoms with van der Waals surface area (Å²) < 4.78 is 64.1. The zero-order chi connectivity index (χ0) is 22.6. The molecule has 27 heavy (non-hydrogen) atoms. The van der Waals surface area contributed by atoms with Crippen molar-refractivity contribution in [3.8, 4) is 0 Å². The molecule has 1 aliphatic rings. The number of hydrogen-bond donors (Lipinski definition) is 6. The van der Waals surface area contributed by atoms with Crippen LogP contribution in [0.1, 0.15) is 8.97 Å². The molecule has 1 unspecified atom stereocenters. The molecule has 1 aliphatic heterocycles. The van der Waals surface area contributed by atoms with Gasteiger partial charge >= 0.3 is 21.3 Å². The number of alkyl halides is 1. The first-order valence-corrected chi connectivity index (χ1v) is 10.3. The number of H-pyrrole nitrogens is 1. The molecule has 2 heterocycles. The van der Waals surface area contributed by atoms with Crippen molar-refractivity contribution < 1.29 is 54.7 Å². The third kappa shape index (κ3) is 5.29. The van der Waals surface area contributed by atoms with Crippen LogP contribution in [0.4, 0.5) is 4.39 Å². The number of rotatable bonds is 6. The molecule has 0 saturated carbocycles. The molecule has 18 heteroatoms. The monoisotopic (exact) mass is 474 g/mol. The molecule has 6 N–H and O–H groups in total. The van der Waals surface area contributed by atoms with Gasteiger partial charge in [0.05, 0.1) is 7.76 Å². The molecule has 0 radical (unpaired) electrons. The van der Waals surface area contributed by atoms with Crippen LogP contribution in [0.25, 0.3) is 0 Å². The fourth-order valence-corrected chi connectivity index (χ4v) is 3.66. The van der Waals surface area contributed by atoms with E-state index in [9.17, 15) is 29.0 Å². The maximum atomic E-state index is 15.2. The van der Waals surface area contributed by atoms with Crippen LogP contribution in [0.15, 0.2) is 11.0 Å². The molecule has 2 rings (SSSR count). The summed E-state index contributed by atoms with van der Waals surface area (Å²) in [4.78, 5) is 40.2. The molecular weight excluding hydrogens is 461 g/mol. The Labute approximate surface area is 161 Å². The summed E-state index contributed by atoms with van der Waals surface area (Å²) in [6, 6.07) is 0. The van der Waals surface area contributed by atoms with E-state index in [0.717, 1.165) is 6.20 Å². The Morgan fingerprint density at radius 2 is 2.07 bits per heavy atom. The maximum Gasteiger partial charge on any atom is 0.481 e. The average molecular weight is 475 g/mol. The number of aromatic amines is 1. The van der Waals surface area contributed by atoms with E-state index in [1.165, 1.54) is 0 Å². The predicted molar refractivity (Wildman–Crippen MR) is 85.8 cm³/mol. The van der Waals surface area contributed by atoms with Crippen molar-refractivity contribution in [1.82, 2.24) is 9.55 Å². The van der Waals surface area contributed by atoms with E-state index in [1.807, 2.05) is 4.98 Å². The standard InChI is InChI=1S/C9H12ClFN2O11P2S/c10-3-1-13(8(16)12-6(3)27)7-4(14)5(15)9(11,23-7)2-22-26(20,21)24-25(17,18)19/h1,4-5,7,14-15H,2H2,(H,20,21)(H,12,16,27)(H2,17,18,19)/t4-,5+,7-,9-/m1/s1/i2D2. The summed E-state index contributed by atoms with van der Waals surface area (Å²) in [6.45, 7) is -4.14. The quantitative estimate of drug-likeness (QED) is 0.232. The van der Waals surface area contributed by atoms with Crippen molar-refractivity contribution in [2.24, 2.45) is 0 Å². The maximum absolute atomic E-state index is 15.2. The SMILES string of the molecule is [2H]C([2H])(OP(=O)(O)OP(=O)(O)O)[C@@]1(F)O[C@@H](n2cc(Cl)c(=S)[nH]c2=O)[C@H](O)[C@@H]1O. The molecule has 1 aromatic rings. The number of halogens is 2. The van der Waals surface area contributed by atoms with Crippen molar-refractivity contribution in [2.45, 2.75) is 24.3 Å². The second-order valence-electron chi connectivity index (χ2n) is 4.97. The van der Waals surface area contributed by atoms with E-state index in [1.54, 1.807) is 0 Å². The van der Waals surface area contributed by atoms with Gasteiger partial charge in [0, 0.05) is 6.20 Å². The summed E-state index contributed by atoms with van der Waals surface area (Å²) in [5.74, 6) is -4.13. The summed E-state index contributed by atoms with van der Waals surface area (Å²) >= 11 is 10.4. The third-order valence-electron chi connectivity index (χ3n) is 3.00. The molecule has 1 aromatic heterocycles. The van der Waals surface area contributed by atoms with Crippen LogP contribution in [-0.4, -0.2) is 59.1 Å². The molecule has 5 atom stereocenters. The van der Waals surface area contributed by atoms with Gasteiger partial charge in [0.2, 0.25) is 0 Å². The van der Waals surface area contributed by atoms with Crippen LogP contribution >= 0.6 is 39.5 Å². The Kier molecular flexibility index (Phi) is 5.64. The third-order valence-corrected chi connectivity index (χ3v) is 5.72. The Hall–Kier alpha value is -0.540. The highest BCUT2D eigenvalue weighted by atomic mass is 35.5. The number of ether oxygens (including phenoxy) is 1. The van der Waals surface area contributed by atoms with Gasteiger partial charge in [-0.2, -0.15) is 4.31 Å². The van der Waals surface area contributed by atoms with Crippen molar-refractivity contribution >= 4 is 39.5 Å². The smallest absolute Gasteiger partial charge is 0.385 e. The van der Waals surface area contributed by atoms with Crippen molar-refractivity contribution in [2.75, 3.05) is 6.56 Å². The van der Waals surface area contributed by atoms with E-state index < -0.39 is 52.2 Å². The minimum atomic E-state index is -5.95. The predicted octanol–water partition coefficient (Wildman–Crippen LogP) is -0.298. The summed E-state index contributed by atoms with van der Waals surface area (Å²) in [5.41, 5.74) is -1.11. The van der Waals surface area contributed by atoms with Crippen molar-refractivity contribution in [3.05, 3.63) is 26.3 Å². The van der Waals surface area contributed by atoms with Gasteiger partial charge in [-0.3, -0.25) is 14.1 Å². The molecule has 1 fully saturated rings. The van der Waals surface area contributed by atoms with Crippen LogP contribution in [0, 0.1) is 4.64 Å². The summed E-state index contributed by atoms with van der Waals surface area (Å²) in [6.07, 6.45) is -6.53. The van der Waals surface area contributed by atoms with Gasteiger partial charge < -0.3 is 29.6 Å². The van der Waals surface area contributed by atoms with E-state index in [-0.39, 0.29) is 9.66 Å². The van der Waals surface area contributed by atoms with Gasteiger partial charge in [0.1, 0.15) is 23.4 Å². The first-order chi connectivity index (χ1) is 12.9. The Morgan fingerprint density at radius 1 is 1.48 bits per heavy atom. The van der Waals surface area contributed by atoms with Gasteiger partial charge in [-0.05, 0) is 0 Å². The van der Waals surface area contributed by atoms with Gasteiger partial charge in [-0.15, -0.1) is 0 Å². The number of nitrogens with one attached hydrogen (secondary N) is 1. The van der Waals surface area contributed by atoms with Crippen LogP contribution in [0.3, 0.4) is 0 Å². The lowest BCUT2D eigenvalue weighted by molar-refractivity contribution is -0.204. The van der Waals surface area contributed by atoms with E-state index in [4.69, 9.17) is 36.3 Å². The van der Waals surface area contributed by atoms with Crippen LogP contribution < -0.4 is 5.69 Å². The fourth-order valence-electron chi connectivity index (χ4n) is 1.92. The van der Waals surface area contributed by atoms with Crippen LogP contribution in [0.5, 0.6) is 0 Å². The molecule has 0 spiro atoms. The van der Waals surface area contributed by atoms with E-state index in [0.29, 0.717) is 4.57 Å². The van der Waals surface area contributed by atoms with Gasteiger partial charge in [0.25, 0.3) is 5.85 Å². The zero-order valence-electron chi connectivity index (χ0n) is 14.5. The molecule has 1 saturated heterocycles. The first-order valence-electron chi connectivity index (χ1n) is 7.44. The molecule has 13 nitrogen and oxygen atoms in total. The van der Waals surface area contributed by atoms with Crippen molar-refractivity contribution in [1.29, 1.82) is 0 Å². The lowest BCUT2D eigenvalue weighted by Gasteiger charge is -2.23. The number of hydrogen-bond acceptors (Lipinski definition) is 9. The minimum Gasteiger partial charge on any atom is -0.385 e. The Bertz CT molecular complexity index is 1020. The molecule has 0 aromatic carbocycles. The number of phosphoric ester groups is 1. The molecule has 0 aliphatic carbocycles. The topological polar surface area (TPSA) is 201 Å². The largest absolute Gasteiger partial charge is 0.481 e. The summed E-state index contributed by atoms with van der Waals surface area (Å²) in [7, 11) is -11.6. The lowest BCUT2D eigenvalue weighted by atomic mass is 10.1. The fraction of sp³-hybridized carbons (Fsp3) is 0.556. The Morgan fingerprint density at radius 3 is 2.63 bits per heavy atom. The Balaban J connectivity index is 2.42. The van der Waals surface area contributed by atoms with Gasteiger partial charge in [0.15, 0.2) is 6.23 Å². The number of aliphatic hydroxyl groups is 2. The highest BCUT2D eigenvalue weighted by Crippen LogP contribution is 2.58. The van der Waals surface area contributed by atoms with E-state index in [2.05, 4.69) is 13.6 Å². The van der Waals surface area contributed by atoms with E-state index >= 15 is 4.39 Å². The number of aliphatic hydroxyl groups excluding tert-OH is 2. The second kappa shape index (κ2) is 7.71. The highest BCUT2D eigenvalue weighted by molar-refractivity contribution is 7.71. The molecule has 0 bridgehead atoms. The molecular formula is C9H12ClFN2O11P2S. The number of nitrogens with zero attached hydrogens (tertiary/aromatic N) is 1. The average Bonchev–Trinajstić information content (AvgIpc) is 2.73. The zero-order valence-corrected chi connectivity index (χ0v) is 15.9. The van der Waals surface area contributed by atoms with Crippen LogP contribution in [0.2, 0.25) is 5.02 Å². The minimum absolute atomic E-state index is 0.234. The van der Waals surface area contributed by atoms with Crippen molar-refractivity contribution in [3.63, 3.8) is 0 Å². The first kappa shape index (κ1) is 19.8. The second-order valence-corrected chi connectivity index (χ2v) is 8.54. The lowest BCUT2D eigenvalue weighted by Crippen LogP contribution is -2.43. The normalized spacial score (nSPS) is 32.6. The van der Waals surface area contributed by atoms with Gasteiger partial charge in [-0.1, -0.05) is 23.8 Å². The molecule has 154 valence electrons. The van der Waals surface area contributed by atoms with Crippen LogP contribution in [-0.2, 0) is 22.7 Å². The number of phosphoric acid groups is 2.